The third-order valence-corrected chi connectivity index (χ3v) is 4.53. The van der Waals surface area contributed by atoms with Gasteiger partial charge in [-0.25, -0.2) is 4.98 Å². The fourth-order valence-electron chi connectivity index (χ4n) is 2.86. The normalized spacial score (nSPS) is 24.1. The lowest BCUT2D eigenvalue weighted by atomic mass is 9.84. The zero-order valence-electron chi connectivity index (χ0n) is 11.7. The van der Waals surface area contributed by atoms with E-state index in [1.165, 1.54) is 17.8 Å². The zero-order chi connectivity index (χ0) is 13.0. The van der Waals surface area contributed by atoms with Crippen molar-refractivity contribution in [1.82, 2.24) is 10.3 Å². The largest absolute Gasteiger partial charge is 0.316 e. The van der Waals surface area contributed by atoms with Gasteiger partial charge in [0.2, 0.25) is 0 Å². The Hall–Kier alpha value is -0.670. The van der Waals surface area contributed by atoms with Gasteiger partial charge in [-0.15, -0.1) is 11.3 Å². The van der Waals surface area contributed by atoms with E-state index < -0.39 is 0 Å². The van der Waals surface area contributed by atoms with Crippen molar-refractivity contribution >= 4 is 11.3 Å². The predicted molar refractivity (Wildman–Crippen MR) is 79.1 cm³/mol. The molecule has 1 heterocycles. The fraction of sp³-hybridized carbons (Fsp3) is 0.667. The van der Waals surface area contributed by atoms with Gasteiger partial charge in [0, 0.05) is 24.0 Å². The van der Waals surface area contributed by atoms with Crippen LogP contribution >= 0.6 is 11.3 Å². The number of allylic oxidation sites excluding steroid dienone is 2. The molecule has 1 aromatic heterocycles. The van der Waals surface area contributed by atoms with Crippen molar-refractivity contribution < 1.29 is 0 Å². The molecule has 0 saturated heterocycles. The number of hydrogen-bond donors (Lipinski definition) is 1. The van der Waals surface area contributed by atoms with Crippen molar-refractivity contribution in [3.05, 3.63) is 27.7 Å². The summed E-state index contributed by atoms with van der Waals surface area (Å²) in [4.78, 5) is 4.49. The van der Waals surface area contributed by atoms with Crippen LogP contribution in [0, 0.1) is 18.8 Å². The summed E-state index contributed by atoms with van der Waals surface area (Å²) >= 11 is 1.78. The SMILES string of the molecule is CC1=CC(C)CC(CNCCc2nc(C)cs2)C1. The molecule has 0 saturated carbocycles. The number of rotatable bonds is 5. The molecule has 2 unspecified atom stereocenters. The molecule has 1 aromatic rings. The Kier molecular flexibility index (Phi) is 4.95. The molecule has 1 N–H and O–H groups in total. The van der Waals surface area contributed by atoms with Crippen LogP contribution in [0.5, 0.6) is 0 Å². The van der Waals surface area contributed by atoms with E-state index in [-0.39, 0.29) is 0 Å². The van der Waals surface area contributed by atoms with Gasteiger partial charge in [-0.3, -0.25) is 0 Å². The number of thiazole rings is 1. The van der Waals surface area contributed by atoms with Crippen molar-refractivity contribution in [3.8, 4) is 0 Å². The Morgan fingerprint density at radius 1 is 1.44 bits per heavy atom. The first-order valence-corrected chi connectivity index (χ1v) is 7.80. The molecule has 0 aliphatic heterocycles. The molecule has 0 amide bonds. The first-order chi connectivity index (χ1) is 8.63. The molecule has 18 heavy (non-hydrogen) atoms. The first-order valence-electron chi connectivity index (χ1n) is 6.92. The molecule has 0 aromatic carbocycles. The summed E-state index contributed by atoms with van der Waals surface area (Å²) in [6.07, 6.45) is 6.10. The average Bonchev–Trinajstić information content (AvgIpc) is 2.69. The molecule has 0 fully saturated rings. The van der Waals surface area contributed by atoms with Crippen LogP contribution in [0.4, 0.5) is 0 Å². The van der Waals surface area contributed by atoms with Crippen LogP contribution in [0.3, 0.4) is 0 Å². The Morgan fingerprint density at radius 2 is 2.28 bits per heavy atom. The minimum atomic E-state index is 0.757. The van der Waals surface area contributed by atoms with Crippen molar-refractivity contribution in [2.75, 3.05) is 13.1 Å². The highest BCUT2D eigenvalue weighted by Crippen LogP contribution is 2.27. The van der Waals surface area contributed by atoms with Gasteiger partial charge in [0.15, 0.2) is 0 Å². The van der Waals surface area contributed by atoms with Gasteiger partial charge in [-0.2, -0.15) is 0 Å². The van der Waals surface area contributed by atoms with Crippen LogP contribution in [0.25, 0.3) is 0 Å². The highest BCUT2D eigenvalue weighted by molar-refractivity contribution is 7.09. The molecule has 0 spiro atoms. The van der Waals surface area contributed by atoms with Crippen LogP contribution in [-0.2, 0) is 6.42 Å². The van der Waals surface area contributed by atoms with E-state index in [9.17, 15) is 0 Å². The van der Waals surface area contributed by atoms with Crippen LogP contribution in [-0.4, -0.2) is 18.1 Å². The molecule has 100 valence electrons. The summed E-state index contributed by atoms with van der Waals surface area (Å²) in [6, 6.07) is 0. The first kappa shape index (κ1) is 13.8. The molecular formula is C15H24N2S. The fourth-order valence-corrected chi connectivity index (χ4v) is 3.64. The predicted octanol–water partition coefficient (Wildman–Crippen LogP) is 3.58. The second-order valence-electron chi connectivity index (χ2n) is 5.63. The van der Waals surface area contributed by atoms with Crippen LogP contribution in [0.15, 0.2) is 17.0 Å². The quantitative estimate of drug-likeness (QED) is 0.649. The minimum Gasteiger partial charge on any atom is -0.316 e. The summed E-state index contributed by atoms with van der Waals surface area (Å²) in [5.74, 6) is 1.58. The third kappa shape index (κ3) is 4.21. The van der Waals surface area contributed by atoms with Gasteiger partial charge in [-0.05, 0) is 45.1 Å². The monoisotopic (exact) mass is 264 g/mol. The molecule has 2 nitrogen and oxygen atoms in total. The lowest BCUT2D eigenvalue weighted by Gasteiger charge is -2.25. The highest BCUT2D eigenvalue weighted by atomic mass is 32.1. The van der Waals surface area contributed by atoms with Gasteiger partial charge in [0.1, 0.15) is 0 Å². The van der Waals surface area contributed by atoms with E-state index in [1.807, 2.05) is 0 Å². The summed E-state index contributed by atoms with van der Waals surface area (Å²) in [5.41, 5.74) is 2.72. The third-order valence-electron chi connectivity index (χ3n) is 3.50. The maximum atomic E-state index is 4.49. The molecular weight excluding hydrogens is 240 g/mol. The van der Waals surface area contributed by atoms with Crippen LogP contribution < -0.4 is 5.32 Å². The molecule has 0 radical (unpaired) electrons. The van der Waals surface area contributed by atoms with E-state index in [2.05, 4.69) is 42.5 Å². The van der Waals surface area contributed by atoms with Crippen molar-refractivity contribution in [2.24, 2.45) is 11.8 Å². The summed E-state index contributed by atoms with van der Waals surface area (Å²) < 4.78 is 0. The van der Waals surface area contributed by atoms with Gasteiger partial charge >= 0.3 is 0 Å². The number of aryl methyl sites for hydroxylation is 1. The number of nitrogens with one attached hydrogen (secondary N) is 1. The average molecular weight is 264 g/mol. The second-order valence-corrected chi connectivity index (χ2v) is 6.58. The topological polar surface area (TPSA) is 24.9 Å². The van der Waals surface area contributed by atoms with E-state index in [1.54, 1.807) is 16.9 Å². The van der Waals surface area contributed by atoms with E-state index in [0.717, 1.165) is 37.0 Å². The Balaban J connectivity index is 1.65. The van der Waals surface area contributed by atoms with Gasteiger partial charge in [0.05, 0.1) is 5.01 Å². The maximum absolute atomic E-state index is 4.49. The summed E-state index contributed by atoms with van der Waals surface area (Å²) in [5, 5.41) is 6.98. The molecule has 2 rings (SSSR count). The van der Waals surface area contributed by atoms with Crippen molar-refractivity contribution in [3.63, 3.8) is 0 Å². The Bertz CT molecular complexity index is 408. The number of nitrogens with zero attached hydrogens (tertiary/aromatic N) is 1. The standard InChI is InChI=1S/C15H24N2S/c1-11-6-12(2)8-14(7-11)9-16-5-4-15-17-13(3)10-18-15/h6,10-11,14,16H,4-5,7-9H2,1-3H3. The molecule has 0 bridgehead atoms. The lowest BCUT2D eigenvalue weighted by molar-refractivity contribution is 0.383. The minimum absolute atomic E-state index is 0.757. The molecule has 1 aliphatic carbocycles. The molecule has 1 aliphatic rings. The zero-order valence-corrected chi connectivity index (χ0v) is 12.5. The van der Waals surface area contributed by atoms with Gasteiger partial charge in [-0.1, -0.05) is 18.6 Å². The summed E-state index contributed by atoms with van der Waals surface area (Å²) in [6.45, 7) is 8.86. The van der Waals surface area contributed by atoms with Crippen molar-refractivity contribution in [2.45, 2.75) is 40.0 Å². The van der Waals surface area contributed by atoms with Crippen molar-refractivity contribution in [1.29, 1.82) is 0 Å². The summed E-state index contributed by atoms with van der Waals surface area (Å²) in [7, 11) is 0. The Labute approximate surface area is 115 Å². The van der Waals surface area contributed by atoms with Gasteiger partial charge < -0.3 is 5.32 Å². The molecule has 2 atom stereocenters. The molecule has 3 heteroatoms. The van der Waals surface area contributed by atoms with Gasteiger partial charge in [0.25, 0.3) is 0 Å². The highest BCUT2D eigenvalue weighted by Gasteiger charge is 2.17. The van der Waals surface area contributed by atoms with E-state index >= 15 is 0 Å². The maximum Gasteiger partial charge on any atom is 0.0940 e. The number of hydrogen-bond acceptors (Lipinski definition) is 3. The van der Waals surface area contributed by atoms with Crippen LogP contribution in [0.2, 0.25) is 0 Å². The van der Waals surface area contributed by atoms with E-state index in [4.69, 9.17) is 0 Å². The second kappa shape index (κ2) is 6.48. The van der Waals surface area contributed by atoms with E-state index in [0.29, 0.717) is 0 Å². The Morgan fingerprint density at radius 3 is 2.94 bits per heavy atom. The smallest absolute Gasteiger partial charge is 0.0940 e. The lowest BCUT2D eigenvalue weighted by Crippen LogP contribution is -2.27. The van der Waals surface area contributed by atoms with Crippen LogP contribution in [0.1, 0.15) is 37.4 Å². The number of aromatic nitrogens is 1.